The summed E-state index contributed by atoms with van der Waals surface area (Å²) in [6.07, 6.45) is 3.52. The van der Waals surface area contributed by atoms with Gasteiger partial charge in [0, 0.05) is 10.5 Å². The molecule has 1 aliphatic carbocycles. The Kier molecular flexibility index (Phi) is 4.04. The maximum Gasteiger partial charge on any atom is 0.0578 e. The van der Waals surface area contributed by atoms with E-state index < -0.39 is 0 Å². The molecule has 16 heavy (non-hydrogen) atoms. The Balaban J connectivity index is 2.00. The Labute approximate surface area is 106 Å². The van der Waals surface area contributed by atoms with Crippen molar-refractivity contribution in [2.24, 2.45) is 0 Å². The van der Waals surface area contributed by atoms with Crippen LogP contribution in [0, 0.1) is 11.8 Å². The van der Waals surface area contributed by atoms with Gasteiger partial charge < -0.3 is 5.32 Å². The van der Waals surface area contributed by atoms with Crippen LogP contribution in [-0.4, -0.2) is 12.6 Å². The van der Waals surface area contributed by atoms with Crippen LogP contribution in [0.15, 0.2) is 22.7 Å². The summed E-state index contributed by atoms with van der Waals surface area (Å²) < 4.78 is 1.19. The number of halogens is 1. The average Bonchev–Trinajstić information content (AvgIpc) is 2.29. The van der Waals surface area contributed by atoms with Gasteiger partial charge >= 0.3 is 0 Å². The largest absolute Gasteiger partial charge is 0.303 e. The third-order valence-electron chi connectivity index (χ3n) is 3.05. The topological polar surface area (TPSA) is 12.0 Å². The van der Waals surface area contributed by atoms with Crippen molar-refractivity contribution < 1.29 is 0 Å². The number of rotatable bonds is 2. The Morgan fingerprint density at radius 1 is 1.44 bits per heavy atom. The third-order valence-corrected chi connectivity index (χ3v) is 3.55. The maximum absolute atomic E-state index is 3.52. The van der Waals surface area contributed by atoms with Crippen LogP contribution in [0.1, 0.15) is 24.5 Å². The molecule has 1 aliphatic rings. The summed E-state index contributed by atoms with van der Waals surface area (Å²) in [6, 6.07) is 7.21. The van der Waals surface area contributed by atoms with Crippen LogP contribution in [0.3, 0.4) is 0 Å². The van der Waals surface area contributed by atoms with E-state index in [4.69, 9.17) is 0 Å². The van der Waals surface area contributed by atoms with Crippen LogP contribution < -0.4 is 5.32 Å². The average molecular weight is 278 g/mol. The van der Waals surface area contributed by atoms with E-state index in [1.54, 1.807) is 0 Å². The summed E-state index contributed by atoms with van der Waals surface area (Å²) in [6.45, 7) is 2.70. The molecule has 0 heterocycles. The zero-order chi connectivity index (χ0) is 11.4. The van der Waals surface area contributed by atoms with Crippen molar-refractivity contribution in [1.29, 1.82) is 0 Å². The van der Waals surface area contributed by atoms with Crippen LogP contribution in [-0.2, 0) is 12.8 Å². The highest BCUT2D eigenvalue weighted by atomic mass is 79.9. The Morgan fingerprint density at radius 2 is 2.31 bits per heavy atom. The van der Waals surface area contributed by atoms with Crippen molar-refractivity contribution in [3.05, 3.63) is 33.8 Å². The smallest absolute Gasteiger partial charge is 0.0578 e. The molecule has 0 amide bonds. The van der Waals surface area contributed by atoms with Gasteiger partial charge in [-0.1, -0.05) is 27.9 Å². The zero-order valence-corrected chi connectivity index (χ0v) is 11.1. The first-order valence-electron chi connectivity index (χ1n) is 5.70. The molecule has 1 nitrogen and oxygen atoms in total. The van der Waals surface area contributed by atoms with Gasteiger partial charge in [0.1, 0.15) is 0 Å². The summed E-state index contributed by atoms with van der Waals surface area (Å²) in [5.41, 5.74) is 2.98. The molecule has 0 saturated heterocycles. The van der Waals surface area contributed by atoms with E-state index in [0.29, 0.717) is 6.04 Å². The van der Waals surface area contributed by atoms with Crippen molar-refractivity contribution in [3.63, 3.8) is 0 Å². The molecule has 1 aromatic carbocycles. The molecule has 0 saturated carbocycles. The lowest BCUT2D eigenvalue weighted by atomic mass is 9.88. The van der Waals surface area contributed by atoms with E-state index >= 15 is 0 Å². The van der Waals surface area contributed by atoms with Crippen molar-refractivity contribution in [2.45, 2.75) is 32.2 Å². The lowest BCUT2D eigenvalue weighted by Crippen LogP contribution is -2.34. The summed E-state index contributed by atoms with van der Waals surface area (Å²) in [5, 5.41) is 3.49. The fraction of sp³-hybridized carbons (Fsp3) is 0.429. The maximum atomic E-state index is 3.52. The first kappa shape index (κ1) is 11.7. The minimum absolute atomic E-state index is 0.592. The second kappa shape index (κ2) is 5.52. The molecule has 1 unspecified atom stereocenters. The summed E-state index contributed by atoms with van der Waals surface area (Å²) in [7, 11) is 0. The molecule has 0 spiro atoms. The number of nitrogens with one attached hydrogen (secondary N) is 1. The first-order chi connectivity index (χ1) is 7.79. The van der Waals surface area contributed by atoms with Crippen molar-refractivity contribution in [3.8, 4) is 11.8 Å². The van der Waals surface area contributed by atoms with Crippen LogP contribution in [0.4, 0.5) is 0 Å². The zero-order valence-electron chi connectivity index (χ0n) is 9.52. The second-order valence-electron chi connectivity index (χ2n) is 4.16. The molecule has 2 rings (SSSR count). The molecule has 0 aromatic heterocycles. The van der Waals surface area contributed by atoms with Gasteiger partial charge in [0.25, 0.3) is 0 Å². The highest BCUT2D eigenvalue weighted by Crippen LogP contribution is 2.24. The van der Waals surface area contributed by atoms with Gasteiger partial charge in [-0.2, -0.15) is 0 Å². The molecule has 0 radical (unpaired) electrons. The monoisotopic (exact) mass is 277 g/mol. The molecule has 2 heteroatoms. The van der Waals surface area contributed by atoms with Crippen molar-refractivity contribution >= 4 is 15.9 Å². The minimum atomic E-state index is 0.592. The Morgan fingerprint density at radius 3 is 3.12 bits per heavy atom. The van der Waals surface area contributed by atoms with Gasteiger partial charge in [-0.3, -0.25) is 0 Å². The first-order valence-corrected chi connectivity index (χ1v) is 6.49. The highest BCUT2D eigenvalue weighted by Gasteiger charge is 2.17. The number of hydrogen-bond acceptors (Lipinski definition) is 1. The molecule has 1 atom stereocenters. The van der Waals surface area contributed by atoms with Crippen molar-refractivity contribution in [2.75, 3.05) is 6.54 Å². The molecule has 0 bridgehead atoms. The standard InChI is InChI=1S/C14H16BrN/c1-2-3-8-16-14-7-5-11-9-13(15)6-4-12(11)10-14/h4,6,9,14,16H,5,7-8,10H2,1H3. The second-order valence-corrected chi connectivity index (χ2v) is 5.08. The van der Waals surface area contributed by atoms with Gasteiger partial charge in [0.05, 0.1) is 6.54 Å². The number of aryl methyl sites for hydroxylation is 1. The fourth-order valence-electron chi connectivity index (χ4n) is 2.18. The SMILES string of the molecule is CC#CCNC1CCc2cc(Br)ccc2C1. The number of hydrogen-bond donors (Lipinski definition) is 1. The van der Waals surface area contributed by atoms with E-state index in [2.05, 4.69) is 51.3 Å². The lowest BCUT2D eigenvalue weighted by Gasteiger charge is -2.25. The van der Waals surface area contributed by atoms with Crippen LogP contribution >= 0.6 is 15.9 Å². The summed E-state index contributed by atoms with van der Waals surface area (Å²) >= 11 is 3.52. The van der Waals surface area contributed by atoms with Crippen molar-refractivity contribution in [1.82, 2.24) is 5.32 Å². The van der Waals surface area contributed by atoms with E-state index in [-0.39, 0.29) is 0 Å². The van der Waals surface area contributed by atoms with E-state index in [1.165, 1.54) is 28.4 Å². The molecule has 0 aliphatic heterocycles. The van der Waals surface area contributed by atoms with E-state index in [1.807, 2.05) is 6.92 Å². The van der Waals surface area contributed by atoms with Crippen LogP contribution in [0.5, 0.6) is 0 Å². The molecule has 84 valence electrons. The predicted octanol–water partition coefficient (Wildman–Crippen LogP) is 2.92. The van der Waals surface area contributed by atoms with Gasteiger partial charge in [-0.05, 0) is 49.4 Å². The third kappa shape index (κ3) is 2.87. The summed E-state index contributed by atoms with van der Waals surface area (Å²) in [4.78, 5) is 0. The normalized spacial score (nSPS) is 18.5. The van der Waals surface area contributed by atoms with E-state index in [9.17, 15) is 0 Å². The van der Waals surface area contributed by atoms with Crippen LogP contribution in [0.2, 0.25) is 0 Å². The molecule has 1 aromatic rings. The van der Waals surface area contributed by atoms with Gasteiger partial charge in [-0.15, -0.1) is 5.92 Å². The Bertz CT molecular complexity index is 428. The van der Waals surface area contributed by atoms with Gasteiger partial charge in [0.2, 0.25) is 0 Å². The Hall–Kier alpha value is -0.780. The molecular weight excluding hydrogens is 262 g/mol. The predicted molar refractivity (Wildman–Crippen MR) is 71.4 cm³/mol. The number of benzene rings is 1. The summed E-state index contributed by atoms with van der Waals surface area (Å²) in [5.74, 6) is 5.98. The molecule has 1 N–H and O–H groups in total. The molecular formula is C14H16BrN. The molecule has 0 fully saturated rings. The quantitative estimate of drug-likeness (QED) is 0.820. The minimum Gasteiger partial charge on any atom is -0.303 e. The lowest BCUT2D eigenvalue weighted by molar-refractivity contribution is 0.482. The van der Waals surface area contributed by atoms with Gasteiger partial charge in [0.15, 0.2) is 0 Å². The number of fused-ring (bicyclic) bond motifs is 1. The van der Waals surface area contributed by atoms with E-state index in [0.717, 1.165) is 13.0 Å². The van der Waals surface area contributed by atoms with Gasteiger partial charge in [-0.25, -0.2) is 0 Å². The highest BCUT2D eigenvalue weighted by molar-refractivity contribution is 9.10. The fourth-order valence-corrected chi connectivity index (χ4v) is 2.59. The van der Waals surface area contributed by atoms with Crippen LogP contribution in [0.25, 0.3) is 0 Å².